The molecule has 0 aliphatic heterocycles. The Bertz CT molecular complexity index is 1380. The highest BCUT2D eigenvalue weighted by molar-refractivity contribution is 6.01. The van der Waals surface area contributed by atoms with Gasteiger partial charge in [0.2, 0.25) is 0 Å². The van der Waals surface area contributed by atoms with Crippen LogP contribution in [-0.2, 0) is 0 Å². The second kappa shape index (κ2) is 7.11. The number of fused-ring (bicyclic) bond motifs is 2. The van der Waals surface area contributed by atoms with Crippen LogP contribution in [0, 0.1) is 5.82 Å². The Morgan fingerprint density at radius 1 is 1.03 bits per heavy atom. The number of ether oxygens (including phenoxy) is 1. The van der Waals surface area contributed by atoms with Crippen LogP contribution in [0.4, 0.5) is 10.2 Å². The number of nitrogens with one attached hydrogen (secondary N) is 1. The summed E-state index contributed by atoms with van der Waals surface area (Å²) >= 11 is 0. The number of halogens is 1. The van der Waals surface area contributed by atoms with Crippen molar-refractivity contribution in [2.75, 3.05) is 19.5 Å². The highest BCUT2D eigenvalue weighted by Crippen LogP contribution is 2.38. The Hall–Kier alpha value is -4.00. The van der Waals surface area contributed by atoms with Crippen molar-refractivity contribution < 1.29 is 13.5 Å². The minimum atomic E-state index is -0.324. The number of benzene rings is 2. The van der Waals surface area contributed by atoms with E-state index in [4.69, 9.17) is 14.1 Å². The molecule has 0 fully saturated rings. The molecule has 0 radical (unpaired) electrons. The van der Waals surface area contributed by atoms with Crippen LogP contribution in [-0.4, -0.2) is 29.1 Å². The third-order valence-corrected chi connectivity index (χ3v) is 5.02. The van der Waals surface area contributed by atoms with Gasteiger partial charge >= 0.3 is 0 Å². The first kappa shape index (κ1) is 18.1. The molecule has 0 aliphatic rings. The Morgan fingerprint density at radius 2 is 1.93 bits per heavy atom. The molecule has 2 aromatic carbocycles. The number of nitrogens with zero attached hydrogens (tertiary/aromatic N) is 3. The van der Waals surface area contributed by atoms with Crippen molar-refractivity contribution in [2.24, 2.45) is 0 Å². The van der Waals surface area contributed by atoms with E-state index in [9.17, 15) is 4.39 Å². The van der Waals surface area contributed by atoms with Crippen molar-refractivity contribution in [1.82, 2.24) is 15.0 Å². The smallest absolute Gasteiger partial charge is 0.163 e. The van der Waals surface area contributed by atoms with Crippen LogP contribution in [0.3, 0.4) is 0 Å². The van der Waals surface area contributed by atoms with Crippen molar-refractivity contribution in [2.45, 2.75) is 0 Å². The maximum atomic E-state index is 14.1. The van der Waals surface area contributed by atoms with Crippen molar-refractivity contribution in [3.8, 4) is 28.3 Å². The molecule has 0 bridgehead atoms. The van der Waals surface area contributed by atoms with E-state index in [1.807, 2.05) is 24.3 Å². The summed E-state index contributed by atoms with van der Waals surface area (Å²) in [6.07, 6.45) is 4.90. The Labute approximate surface area is 171 Å². The molecule has 0 unspecified atom stereocenters. The van der Waals surface area contributed by atoms with Gasteiger partial charge in [-0.05, 0) is 48.0 Å². The third-order valence-electron chi connectivity index (χ3n) is 5.02. The number of methoxy groups -OCH3 is 1. The quantitative estimate of drug-likeness (QED) is 0.442. The highest BCUT2D eigenvalue weighted by atomic mass is 19.1. The SMILES string of the molecule is CNc1nc(-c2cccnc2)nc2c(OC)cc(-c3ccc(F)c4ccoc34)cc12. The van der Waals surface area contributed by atoms with Crippen LogP contribution in [0.5, 0.6) is 5.75 Å². The second-order valence-electron chi connectivity index (χ2n) is 6.72. The first-order valence-electron chi connectivity index (χ1n) is 9.33. The minimum absolute atomic E-state index is 0.324. The van der Waals surface area contributed by atoms with Crippen molar-refractivity contribution in [3.05, 3.63) is 66.9 Å². The zero-order valence-corrected chi connectivity index (χ0v) is 16.3. The molecule has 0 aliphatic carbocycles. The predicted octanol–water partition coefficient (Wildman–Crippen LogP) is 5.29. The van der Waals surface area contributed by atoms with E-state index in [-0.39, 0.29) is 5.82 Å². The number of anilines is 1. The third kappa shape index (κ3) is 2.83. The van der Waals surface area contributed by atoms with E-state index >= 15 is 0 Å². The van der Waals surface area contributed by atoms with Gasteiger partial charge in [0.25, 0.3) is 0 Å². The Kier molecular flexibility index (Phi) is 4.28. The molecule has 5 rings (SSSR count). The summed E-state index contributed by atoms with van der Waals surface area (Å²) in [4.78, 5) is 13.5. The second-order valence-corrected chi connectivity index (χ2v) is 6.72. The fourth-order valence-corrected chi connectivity index (χ4v) is 3.58. The molecule has 30 heavy (non-hydrogen) atoms. The van der Waals surface area contributed by atoms with Gasteiger partial charge in [-0.2, -0.15) is 0 Å². The van der Waals surface area contributed by atoms with Crippen LogP contribution < -0.4 is 10.1 Å². The molecular weight excluding hydrogens is 383 g/mol. The van der Waals surface area contributed by atoms with Crippen molar-refractivity contribution in [1.29, 1.82) is 0 Å². The van der Waals surface area contributed by atoms with Crippen LogP contribution >= 0.6 is 0 Å². The number of furan rings is 1. The number of aromatic nitrogens is 3. The number of pyridine rings is 1. The van der Waals surface area contributed by atoms with Gasteiger partial charge < -0.3 is 14.5 Å². The normalized spacial score (nSPS) is 11.2. The molecule has 6 nitrogen and oxygen atoms in total. The van der Waals surface area contributed by atoms with Gasteiger partial charge in [0.15, 0.2) is 5.82 Å². The van der Waals surface area contributed by atoms with Gasteiger partial charge in [0, 0.05) is 36.0 Å². The summed E-state index contributed by atoms with van der Waals surface area (Å²) in [7, 11) is 3.40. The van der Waals surface area contributed by atoms with E-state index in [2.05, 4.69) is 15.3 Å². The lowest BCUT2D eigenvalue weighted by molar-refractivity contribution is 0.419. The van der Waals surface area contributed by atoms with E-state index in [1.54, 1.807) is 38.7 Å². The lowest BCUT2D eigenvalue weighted by Crippen LogP contribution is -2.01. The minimum Gasteiger partial charge on any atom is -0.494 e. The zero-order valence-electron chi connectivity index (χ0n) is 16.3. The molecular formula is C23H17FN4O2. The molecule has 7 heteroatoms. The predicted molar refractivity (Wildman–Crippen MR) is 114 cm³/mol. The summed E-state index contributed by atoms with van der Waals surface area (Å²) < 4.78 is 25.3. The average molecular weight is 400 g/mol. The number of hydrogen-bond donors (Lipinski definition) is 1. The molecule has 0 saturated carbocycles. The molecule has 1 N–H and O–H groups in total. The van der Waals surface area contributed by atoms with Crippen LogP contribution in [0.15, 0.2) is 65.5 Å². The van der Waals surface area contributed by atoms with Gasteiger partial charge in [0.05, 0.1) is 18.8 Å². The standard InChI is InChI=1S/C23H17FN4O2/c1-25-23-17-10-14(15-5-6-18(24)16-7-9-30-21(15)16)11-19(29-2)20(17)27-22(28-23)13-4-3-8-26-12-13/h3-12H,1-2H3,(H,25,27,28). The van der Waals surface area contributed by atoms with Crippen LogP contribution in [0.2, 0.25) is 0 Å². The van der Waals surface area contributed by atoms with E-state index in [1.165, 1.54) is 12.3 Å². The number of rotatable bonds is 4. The fraction of sp³-hybridized carbons (Fsp3) is 0.0870. The summed E-state index contributed by atoms with van der Waals surface area (Å²) in [5, 5.41) is 4.36. The molecule has 5 aromatic rings. The van der Waals surface area contributed by atoms with Gasteiger partial charge in [-0.3, -0.25) is 4.98 Å². The molecule has 0 saturated heterocycles. The monoisotopic (exact) mass is 400 g/mol. The maximum Gasteiger partial charge on any atom is 0.163 e. The Morgan fingerprint density at radius 3 is 2.70 bits per heavy atom. The zero-order chi connectivity index (χ0) is 20.7. The topological polar surface area (TPSA) is 73.1 Å². The van der Waals surface area contributed by atoms with E-state index in [0.29, 0.717) is 33.9 Å². The first-order chi connectivity index (χ1) is 14.7. The summed E-state index contributed by atoms with van der Waals surface area (Å²) in [5.74, 6) is 1.45. The van der Waals surface area contributed by atoms with Crippen molar-refractivity contribution >= 4 is 27.7 Å². The molecule has 0 atom stereocenters. The summed E-state index contributed by atoms with van der Waals surface area (Å²) in [6.45, 7) is 0. The highest BCUT2D eigenvalue weighted by Gasteiger charge is 2.17. The van der Waals surface area contributed by atoms with Crippen LogP contribution in [0.1, 0.15) is 0 Å². The van der Waals surface area contributed by atoms with Gasteiger partial charge in [-0.15, -0.1) is 0 Å². The molecule has 3 heterocycles. The van der Waals surface area contributed by atoms with E-state index < -0.39 is 0 Å². The fourth-order valence-electron chi connectivity index (χ4n) is 3.58. The van der Waals surface area contributed by atoms with Gasteiger partial charge in [-0.25, -0.2) is 14.4 Å². The van der Waals surface area contributed by atoms with Crippen LogP contribution in [0.25, 0.3) is 44.4 Å². The molecule has 3 aromatic heterocycles. The molecule has 148 valence electrons. The summed E-state index contributed by atoms with van der Waals surface area (Å²) in [6, 6.07) is 12.3. The molecule has 0 spiro atoms. The summed E-state index contributed by atoms with van der Waals surface area (Å²) in [5.41, 5.74) is 3.52. The maximum absolute atomic E-state index is 14.1. The van der Waals surface area contributed by atoms with Gasteiger partial charge in [-0.1, -0.05) is 0 Å². The number of hydrogen-bond acceptors (Lipinski definition) is 6. The molecule has 0 amide bonds. The van der Waals surface area contributed by atoms with Gasteiger partial charge in [0.1, 0.15) is 28.5 Å². The van der Waals surface area contributed by atoms with Crippen molar-refractivity contribution in [3.63, 3.8) is 0 Å². The average Bonchev–Trinajstić information content (AvgIpc) is 3.29. The lowest BCUT2D eigenvalue weighted by atomic mass is 10.0. The first-order valence-corrected chi connectivity index (χ1v) is 9.33. The van der Waals surface area contributed by atoms with E-state index in [0.717, 1.165) is 22.1 Å². The largest absolute Gasteiger partial charge is 0.494 e. The Balaban J connectivity index is 1.78. The lowest BCUT2D eigenvalue weighted by Gasteiger charge is -2.13.